The largest absolute Gasteiger partial charge is 0.493 e. The van der Waals surface area contributed by atoms with Gasteiger partial charge in [0.2, 0.25) is 0 Å². The van der Waals surface area contributed by atoms with Crippen LogP contribution >= 0.6 is 0 Å². The van der Waals surface area contributed by atoms with Crippen LogP contribution in [-0.2, 0) is 16.1 Å². The Morgan fingerprint density at radius 2 is 1.64 bits per heavy atom. The van der Waals surface area contributed by atoms with E-state index in [1.807, 2.05) is 49.4 Å². The van der Waals surface area contributed by atoms with E-state index in [9.17, 15) is 14.4 Å². The number of carbonyl (C=O) groups excluding carboxylic acids is 3. The van der Waals surface area contributed by atoms with E-state index >= 15 is 0 Å². The summed E-state index contributed by atoms with van der Waals surface area (Å²) in [5, 5.41) is 6.31. The maximum atomic E-state index is 12.3. The highest BCUT2D eigenvalue weighted by Crippen LogP contribution is 2.28. The molecule has 0 saturated heterocycles. The van der Waals surface area contributed by atoms with Crippen molar-refractivity contribution in [2.24, 2.45) is 5.10 Å². The van der Waals surface area contributed by atoms with Crippen LogP contribution in [0.25, 0.3) is 0 Å². The minimum absolute atomic E-state index is 0.233. The molecule has 0 heterocycles. The summed E-state index contributed by atoms with van der Waals surface area (Å²) >= 11 is 0. The van der Waals surface area contributed by atoms with Gasteiger partial charge in [0.25, 0.3) is 0 Å². The molecule has 0 unspecified atom stereocenters. The van der Waals surface area contributed by atoms with E-state index < -0.39 is 17.8 Å². The number of rotatable bonds is 7. The second-order valence-corrected chi connectivity index (χ2v) is 7.03. The van der Waals surface area contributed by atoms with Crippen molar-refractivity contribution in [1.29, 1.82) is 0 Å². The standard InChI is InChI=1S/C25H23N3O5/c1-17-8-11-20(12-9-17)25(31)33-21-13-10-19(14-22(21)32-2)16-27-28-24(30)23(29)26-15-18-6-4-3-5-7-18/h3-14,16H,15H2,1-2H3,(H,26,29)(H,28,30)/b27-16+. The number of nitrogens with zero attached hydrogens (tertiary/aromatic N) is 1. The molecule has 0 aliphatic heterocycles. The normalized spacial score (nSPS) is 10.5. The summed E-state index contributed by atoms with van der Waals surface area (Å²) in [5.74, 6) is -1.65. The van der Waals surface area contributed by atoms with E-state index in [1.165, 1.54) is 13.3 Å². The first-order chi connectivity index (χ1) is 16.0. The number of hydrogen-bond donors (Lipinski definition) is 2. The zero-order valence-corrected chi connectivity index (χ0v) is 18.2. The molecule has 2 amide bonds. The summed E-state index contributed by atoms with van der Waals surface area (Å²) in [6.45, 7) is 2.16. The van der Waals surface area contributed by atoms with Gasteiger partial charge in [-0.3, -0.25) is 9.59 Å². The van der Waals surface area contributed by atoms with E-state index in [0.717, 1.165) is 11.1 Å². The van der Waals surface area contributed by atoms with Gasteiger partial charge in [0.05, 0.1) is 18.9 Å². The zero-order chi connectivity index (χ0) is 23.6. The van der Waals surface area contributed by atoms with Crippen LogP contribution in [0.5, 0.6) is 11.5 Å². The second kappa shape index (κ2) is 11.2. The maximum Gasteiger partial charge on any atom is 0.343 e. The van der Waals surface area contributed by atoms with Crippen molar-refractivity contribution in [2.45, 2.75) is 13.5 Å². The maximum absolute atomic E-state index is 12.3. The molecule has 3 rings (SSSR count). The quantitative estimate of drug-likeness (QED) is 0.191. The van der Waals surface area contributed by atoms with Gasteiger partial charge in [-0.25, -0.2) is 10.2 Å². The number of nitrogens with one attached hydrogen (secondary N) is 2. The molecule has 0 fully saturated rings. The predicted molar refractivity (Wildman–Crippen MR) is 123 cm³/mol. The van der Waals surface area contributed by atoms with Crippen LogP contribution in [0.4, 0.5) is 0 Å². The molecule has 0 aliphatic rings. The third kappa shape index (κ3) is 6.76. The third-order valence-electron chi connectivity index (χ3n) is 4.56. The van der Waals surface area contributed by atoms with Crippen LogP contribution in [0.3, 0.4) is 0 Å². The van der Waals surface area contributed by atoms with Crippen LogP contribution in [0.2, 0.25) is 0 Å². The Labute approximate surface area is 191 Å². The van der Waals surface area contributed by atoms with E-state index in [2.05, 4.69) is 15.8 Å². The van der Waals surface area contributed by atoms with E-state index in [1.54, 1.807) is 30.3 Å². The van der Waals surface area contributed by atoms with E-state index in [0.29, 0.717) is 16.9 Å². The number of ether oxygens (including phenoxy) is 2. The smallest absolute Gasteiger partial charge is 0.343 e. The number of amides is 2. The van der Waals surface area contributed by atoms with Gasteiger partial charge in [-0.05, 0) is 48.4 Å². The van der Waals surface area contributed by atoms with E-state index in [-0.39, 0.29) is 12.3 Å². The van der Waals surface area contributed by atoms with Crippen molar-refractivity contribution in [1.82, 2.24) is 10.7 Å². The number of hydrazone groups is 1. The number of esters is 1. The van der Waals surface area contributed by atoms with Crippen LogP contribution in [-0.4, -0.2) is 31.1 Å². The van der Waals surface area contributed by atoms with Crippen LogP contribution in [0.1, 0.15) is 27.0 Å². The van der Waals surface area contributed by atoms with Crippen molar-refractivity contribution in [3.8, 4) is 11.5 Å². The summed E-state index contributed by atoms with van der Waals surface area (Å²) in [6, 6.07) is 21.0. The Morgan fingerprint density at radius 3 is 2.33 bits per heavy atom. The Bertz CT molecular complexity index is 1160. The number of carbonyl (C=O) groups is 3. The Morgan fingerprint density at radius 1 is 0.909 bits per heavy atom. The van der Waals surface area contributed by atoms with Gasteiger partial charge in [-0.1, -0.05) is 48.0 Å². The Kier molecular flexibility index (Phi) is 7.91. The molecule has 0 aliphatic carbocycles. The lowest BCUT2D eigenvalue weighted by atomic mass is 10.1. The minimum atomic E-state index is -0.891. The zero-order valence-electron chi connectivity index (χ0n) is 18.2. The molecule has 0 radical (unpaired) electrons. The number of methoxy groups -OCH3 is 1. The van der Waals surface area contributed by atoms with Gasteiger partial charge in [0.15, 0.2) is 11.5 Å². The van der Waals surface area contributed by atoms with Gasteiger partial charge in [0, 0.05) is 6.54 Å². The molecule has 0 saturated carbocycles. The monoisotopic (exact) mass is 445 g/mol. The highest BCUT2D eigenvalue weighted by atomic mass is 16.6. The lowest BCUT2D eigenvalue weighted by molar-refractivity contribution is -0.139. The molecule has 0 bridgehead atoms. The average Bonchev–Trinajstić information content (AvgIpc) is 2.84. The van der Waals surface area contributed by atoms with Gasteiger partial charge >= 0.3 is 17.8 Å². The van der Waals surface area contributed by atoms with Crippen molar-refractivity contribution in [3.05, 3.63) is 95.1 Å². The molecular formula is C25H23N3O5. The van der Waals surface area contributed by atoms with Crippen LogP contribution < -0.4 is 20.2 Å². The minimum Gasteiger partial charge on any atom is -0.493 e. The number of hydrogen-bond acceptors (Lipinski definition) is 6. The fraction of sp³-hybridized carbons (Fsp3) is 0.120. The van der Waals surface area contributed by atoms with Gasteiger partial charge in [0.1, 0.15) is 0 Å². The molecule has 8 heteroatoms. The Hall–Kier alpha value is -4.46. The summed E-state index contributed by atoms with van der Waals surface area (Å²) in [7, 11) is 1.44. The molecule has 3 aromatic rings. The van der Waals surface area contributed by atoms with Crippen LogP contribution in [0, 0.1) is 6.92 Å². The fourth-order valence-corrected chi connectivity index (χ4v) is 2.77. The lowest BCUT2D eigenvalue weighted by Crippen LogP contribution is -2.37. The summed E-state index contributed by atoms with van der Waals surface area (Å²) in [4.78, 5) is 36.1. The molecule has 8 nitrogen and oxygen atoms in total. The lowest BCUT2D eigenvalue weighted by Gasteiger charge is -2.10. The van der Waals surface area contributed by atoms with Gasteiger partial charge < -0.3 is 14.8 Å². The molecule has 33 heavy (non-hydrogen) atoms. The van der Waals surface area contributed by atoms with Crippen LogP contribution in [0.15, 0.2) is 77.9 Å². The highest BCUT2D eigenvalue weighted by Gasteiger charge is 2.14. The van der Waals surface area contributed by atoms with Crippen molar-refractivity contribution >= 4 is 24.0 Å². The first kappa shape index (κ1) is 23.2. The van der Waals surface area contributed by atoms with Crippen molar-refractivity contribution < 1.29 is 23.9 Å². The van der Waals surface area contributed by atoms with Gasteiger partial charge in [-0.2, -0.15) is 5.10 Å². The summed E-state index contributed by atoms with van der Waals surface area (Å²) in [6.07, 6.45) is 1.34. The second-order valence-electron chi connectivity index (χ2n) is 7.03. The first-order valence-electron chi connectivity index (χ1n) is 10.1. The number of benzene rings is 3. The molecule has 2 N–H and O–H groups in total. The molecule has 0 spiro atoms. The molecule has 168 valence electrons. The molecular weight excluding hydrogens is 422 g/mol. The topological polar surface area (TPSA) is 106 Å². The fourth-order valence-electron chi connectivity index (χ4n) is 2.77. The SMILES string of the molecule is COc1cc(/C=N/NC(=O)C(=O)NCc2ccccc2)ccc1OC(=O)c1ccc(C)cc1. The highest BCUT2D eigenvalue weighted by molar-refractivity contribution is 6.35. The molecule has 0 aromatic heterocycles. The number of aryl methyl sites for hydroxylation is 1. The van der Waals surface area contributed by atoms with Crippen molar-refractivity contribution in [3.63, 3.8) is 0 Å². The predicted octanol–water partition coefficient (Wildman–Crippen LogP) is 2.99. The summed E-state index contributed by atoms with van der Waals surface area (Å²) in [5.41, 5.74) is 5.06. The average molecular weight is 445 g/mol. The van der Waals surface area contributed by atoms with Gasteiger partial charge in [-0.15, -0.1) is 0 Å². The van der Waals surface area contributed by atoms with E-state index in [4.69, 9.17) is 9.47 Å². The molecule has 3 aromatic carbocycles. The van der Waals surface area contributed by atoms with Crippen molar-refractivity contribution in [2.75, 3.05) is 7.11 Å². The first-order valence-corrected chi connectivity index (χ1v) is 10.1. The third-order valence-corrected chi connectivity index (χ3v) is 4.56. The molecule has 0 atom stereocenters. The Balaban J connectivity index is 1.56. The summed E-state index contributed by atoms with van der Waals surface area (Å²) < 4.78 is 10.7.